The van der Waals surface area contributed by atoms with Gasteiger partial charge in [-0.05, 0) is 43.4 Å². The molecule has 3 rings (SSSR count). The fourth-order valence-corrected chi connectivity index (χ4v) is 3.82. The van der Waals surface area contributed by atoms with Gasteiger partial charge >= 0.3 is 0 Å². The van der Waals surface area contributed by atoms with E-state index in [1.54, 1.807) is 0 Å². The van der Waals surface area contributed by atoms with Gasteiger partial charge in [-0.2, -0.15) is 0 Å². The third kappa shape index (κ3) is 4.46. The van der Waals surface area contributed by atoms with Crippen molar-refractivity contribution >= 4 is 17.5 Å². The van der Waals surface area contributed by atoms with Gasteiger partial charge in [0.15, 0.2) is 0 Å². The second-order valence-electron chi connectivity index (χ2n) is 6.85. The van der Waals surface area contributed by atoms with E-state index >= 15 is 0 Å². The monoisotopic (exact) mass is 335 g/mol. The van der Waals surface area contributed by atoms with E-state index in [2.05, 4.69) is 21.9 Å². The summed E-state index contributed by atoms with van der Waals surface area (Å²) in [6.45, 7) is 4.61. The number of rotatable bonds is 3. The summed E-state index contributed by atoms with van der Waals surface area (Å²) in [5.41, 5.74) is 7.23. The van der Waals surface area contributed by atoms with Gasteiger partial charge in [-0.1, -0.05) is 23.7 Å². The summed E-state index contributed by atoms with van der Waals surface area (Å²) >= 11 is 5.94. The number of hydrogen-bond acceptors (Lipinski definition) is 3. The van der Waals surface area contributed by atoms with E-state index in [1.807, 2.05) is 12.1 Å². The normalized spacial score (nSPS) is 26.3. The number of benzene rings is 1. The number of nitrogens with two attached hydrogens (primary N) is 1. The molecule has 1 aromatic carbocycles. The van der Waals surface area contributed by atoms with Gasteiger partial charge in [0, 0.05) is 49.7 Å². The van der Waals surface area contributed by atoms with Crippen LogP contribution in [-0.2, 0) is 11.3 Å². The minimum absolute atomic E-state index is 0.160. The van der Waals surface area contributed by atoms with E-state index in [9.17, 15) is 4.79 Å². The minimum atomic E-state index is 0.160. The first kappa shape index (κ1) is 16.7. The number of carbonyl (C=O) groups excluding carboxylic acids is 1. The summed E-state index contributed by atoms with van der Waals surface area (Å²) in [6.07, 6.45) is 3.86. The minimum Gasteiger partial charge on any atom is -0.341 e. The number of hydrogen-bond donors (Lipinski definition) is 1. The van der Waals surface area contributed by atoms with Crippen LogP contribution in [0, 0.1) is 5.92 Å². The lowest BCUT2D eigenvalue weighted by molar-refractivity contribution is -0.135. The van der Waals surface area contributed by atoms with Gasteiger partial charge in [0.05, 0.1) is 0 Å². The molecule has 0 spiro atoms. The molecule has 1 saturated heterocycles. The van der Waals surface area contributed by atoms with Crippen molar-refractivity contribution in [2.75, 3.05) is 26.2 Å². The first-order valence-corrected chi connectivity index (χ1v) is 9.01. The van der Waals surface area contributed by atoms with Crippen LogP contribution in [0.15, 0.2) is 24.3 Å². The first-order chi connectivity index (χ1) is 11.1. The standard InChI is InChI=1S/C18H26ClN3O/c19-16-5-2-14(3-6-16)13-21-8-1-9-22(11-10-21)18(23)15-4-7-17(20)12-15/h2-3,5-6,15,17H,1,4,7-13,20H2/t15-,17-/m0/s1. The fourth-order valence-electron chi connectivity index (χ4n) is 3.70. The highest BCUT2D eigenvalue weighted by molar-refractivity contribution is 6.30. The van der Waals surface area contributed by atoms with Gasteiger partial charge < -0.3 is 10.6 Å². The zero-order valence-electron chi connectivity index (χ0n) is 13.6. The van der Waals surface area contributed by atoms with Gasteiger partial charge in [-0.3, -0.25) is 9.69 Å². The number of halogens is 1. The lowest BCUT2D eigenvalue weighted by atomic mass is 10.1. The van der Waals surface area contributed by atoms with Crippen molar-refractivity contribution in [1.29, 1.82) is 0 Å². The molecule has 2 aliphatic rings. The SMILES string of the molecule is N[C@H]1CC[C@H](C(=O)N2CCCN(Cc3ccc(Cl)cc3)CC2)C1. The maximum atomic E-state index is 12.6. The Balaban J connectivity index is 1.52. The first-order valence-electron chi connectivity index (χ1n) is 8.63. The van der Waals surface area contributed by atoms with Crippen LogP contribution in [0.1, 0.15) is 31.2 Å². The molecule has 2 N–H and O–H groups in total. The van der Waals surface area contributed by atoms with Crippen molar-refractivity contribution in [2.24, 2.45) is 11.7 Å². The Morgan fingerprint density at radius 2 is 1.91 bits per heavy atom. The molecule has 1 aliphatic heterocycles. The van der Waals surface area contributed by atoms with E-state index in [0.717, 1.165) is 63.4 Å². The van der Waals surface area contributed by atoms with Gasteiger partial charge in [0.25, 0.3) is 0 Å². The maximum Gasteiger partial charge on any atom is 0.225 e. The molecule has 1 aliphatic carbocycles. The summed E-state index contributed by atoms with van der Waals surface area (Å²) in [5, 5.41) is 0.774. The topological polar surface area (TPSA) is 49.6 Å². The Hall–Kier alpha value is -1.10. The third-order valence-electron chi connectivity index (χ3n) is 5.04. The van der Waals surface area contributed by atoms with E-state index < -0.39 is 0 Å². The van der Waals surface area contributed by atoms with Gasteiger partial charge in [-0.15, -0.1) is 0 Å². The van der Waals surface area contributed by atoms with Crippen molar-refractivity contribution in [3.8, 4) is 0 Å². The molecule has 0 bridgehead atoms. The largest absolute Gasteiger partial charge is 0.341 e. The van der Waals surface area contributed by atoms with E-state index in [1.165, 1.54) is 5.56 Å². The maximum absolute atomic E-state index is 12.6. The molecule has 1 heterocycles. The van der Waals surface area contributed by atoms with Crippen LogP contribution in [0.2, 0.25) is 5.02 Å². The summed E-state index contributed by atoms with van der Waals surface area (Å²) < 4.78 is 0. The van der Waals surface area contributed by atoms with Crippen molar-refractivity contribution < 1.29 is 4.79 Å². The highest BCUT2D eigenvalue weighted by Crippen LogP contribution is 2.26. The molecule has 2 atom stereocenters. The molecular formula is C18H26ClN3O. The van der Waals surface area contributed by atoms with E-state index in [4.69, 9.17) is 17.3 Å². The van der Waals surface area contributed by atoms with Gasteiger partial charge in [-0.25, -0.2) is 0 Å². The molecule has 1 saturated carbocycles. The predicted molar refractivity (Wildman–Crippen MR) is 93.2 cm³/mol. The Kier molecular flexibility index (Phi) is 5.57. The molecule has 1 aromatic rings. The van der Waals surface area contributed by atoms with Crippen LogP contribution in [0.3, 0.4) is 0 Å². The Bertz CT molecular complexity index is 534. The molecular weight excluding hydrogens is 310 g/mol. The quantitative estimate of drug-likeness (QED) is 0.923. The van der Waals surface area contributed by atoms with Crippen molar-refractivity contribution in [3.05, 3.63) is 34.9 Å². The number of nitrogens with zero attached hydrogens (tertiary/aromatic N) is 2. The van der Waals surface area contributed by atoms with Crippen LogP contribution >= 0.6 is 11.6 Å². The lowest BCUT2D eigenvalue weighted by Crippen LogP contribution is -2.38. The average molecular weight is 336 g/mol. The van der Waals surface area contributed by atoms with Crippen LogP contribution in [-0.4, -0.2) is 47.9 Å². The van der Waals surface area contributed by atoms with Crippen molar-refractivity contribution in [2.45, 2.75) is 38.3 Å². The van der Waals surface area contributed by atoms with E-state index in [-0.39, 0.29) is 12.0 Å². The Morgan fingerprint density at radius 3 is 2.61 bits per heavy atom. The molecule has 0 unspecified atom stereocenters. The van der Waals surface area contributed by atoms with Crippen molar-refractivity contribution in [3.63, 3.8) is 0 Å². The fraction of sp³-hybridized carbons (Fsp3) is 0.611. The highest BCUT2D eigenvalue weighted by atomic mass is 35.5. The molecule has 0 aromatic heterocycles. The molecule has 4 nitrogen and oxygen atoms in total. The van der Waals surface area contributed by atoms with E-state index in [0.29, 0.717) is 5.91 Å². The zero-order valence-corrected chi connectivity index (χ0v) is 14.3. The average Bonchev–Trinajstić information content (AvgIpc) is 2.84. The molecule has 23 heavy (non-hydrogen) atoms. The van der Waals surface area contributed by atoms with Crippen LogP contribution in [0.4, 0.5) is 0 Å². The molecule has 2 fully saturated rings. The zero-order chi connectivity index (χ0) is 16.2. The van der Waals surface area contributed by atoms with Gasteiger partial charge in [0.1, 0.15) is 0 Å². The van der Waals surface area contributed by atoms with Gasteiger partial charge in [0.2, 0.25) is 5.91 Å². The van der Waals surface area contributed by atoms with Crippen molar-refractivity contribution in [1.82, 2.24) is 9.80 Å². The molecule has 5 heteroatoms. The molecule has 126 valence electrons. The summed E-state index contributed by atoms with van der Waals surface area (Å²) in [4.78, 5) is 17.1. The van der Waals surface area contributed by atoms with Crippen LogP contribution < -0.4 is 5.73 Å². The highest BCUT2D eigenvalue weighted by Gasteiger charge is 2.31. The number of carbonyl (C=O) groups is 1. The predicted octanol–water partition coefficient (Wildman–Crippen LogP) is 2.50. The van der Waals surface area contributed by atoms with Crippen LogP contribution in [0.25, 0.3) is 0 Å². The second-order valence-corrected chi connectivity index (χ2v) is 7.29. The number of amides is 1. The second kappa shape index (κ2) is 7.65. The smallest absolute Gasteiger partial charge is 0.225 e. The third-order valence-corrected chi connectivity index (χ3v) is 5.29. The lowest BCUT2D eigenvalue weighted by Gasteiger charge is -2.24. The summed E-state index contributed by atoms with van der Waals surface area (Å²) in [7, 11) is 0. The molecule has 0 radical (unpaired) electrons. The summed E-state index contributed by atoms with van der Waals surface area (Å²) in [6, 6.07) is 8.26. The molecule has 1 amide bonds. The van der Waals surface area contributed by atoms with Crippen LogP contribution in [0.5, 0.6) is 0 Å². The Labute approximate surface area is 143 Å². The summed E-state index contributed by atoms with van der Waals surface area (Å²) in [5.74, 6) is 0.485. The Morgan fingerprint density at radius 1 is 1.13 bits per heavy atom.